The van der Waals surface area contributed by atoms with E-state index in [1.807, 2.05) is 168 Å². The third-order valence-electron chi connectivity index (χ3n) is 21.3. The Kier molecular flexibility index (Phi) is 65.9. The number of aromatic nitrogens is 5. The van der Waals surface area contributed by atoms with E-state index in [0.717, 1.165) is 169 Å². The number of rotatable bonds is 57. The maximum atomic E-state index is 12.0. The zero-order valence-corrected chi connectivity index (χ0v) is 94.8. The number of unbranched alkanes of at least 4 members (excludes halogenated alkanes) is 6. The molecule has 42 heteroatoms. The number of primary amides is 2. The normalized spacial score (nSPS) is 15.9. The third kappa shape index (κ3) is 52.6. The number of para-hydroxylation sites is 4. The van der Waals surface area contributed by atoms with Crippen LogP contribution in [-0.2, 0) is 38.4 Å². The van der Waals surface area contributed by atoms with Crippen LogP contribution in [0.4, 0.5) is 9.59 Å². The second kappa shape index (κ2) is 73.1. The molecule has 8 heterocycles. The summed E-state index contributed by atoms with van der Waals surface area (Å²) in [5.41, 5.74) is 15.7. The molecule has 9 unspecified atom stereocenters. The number of carboxylic acids is 5. The summed E-state index contributed by atoms with van der Waals surface area (Å²) in [6.07, 6.45) is 28.9. The molecule has 0 bridgehead atoms. The maximum absolute atomic E-state index is 12.0. The number of carbonyl (C=O) groups is 10. The summed E-state index contributed by atoms with van der Waals surface area (Å²) < 4.78 is 5.13. The van der Waals surface area contributed by atoms with E-state index in [-0.39, 0.29) is 178 Å². The number of thiol groups is 1. The minimum absolute atomic E-state index is 0. The van der Waals surface area contributed by atoms with Gasteiger partial charge in [0.2, 0.25) is 17.7 Å². The summed E-state index contributed by atoms with van der Waals surface area (Å²) in [6.45, 7) is 0.801. The number of amides is 6. The summed E-state index contributed by atoms with van der Waals surface area (Å²) in [5, 5.41) is 65.1. The van der Waals surface area contributed by atoms with Crippen molar-refractivity contribution in [1.29, 1.82) is 0 Å². The molecule has 4 aromatic carbocycles. The quantitative estimate of drug-likeness (QED) is 0.00565. The summed E-state index contributed by atoms with van der Waals surface area (Å²) >= 11 is 25.4. The van der Waals surface area contributed by atoms with Crippen molar-refractivity contribution < 1.29 is 162 Å². The molecule has 26 nitrogen and oxygen atoms in total. The van der Waals surface area contributed by atoms with E-state index in [1.54, 1.807) is 22.7 Å². The van der Waals surface area contributed by atoms with Gasteiger partial charge in [-0.15, -0.1) is 81.5 Å². The molecule has 9 aromatic rings. The molecule has 3 aliphatic heterocycles. The minimum atomic E-state index is -0.963. The number of benzene rings is 4. The van der Waals surface area contributed by atoms with Crippen LogP contribution in [0, 0.1) is 0 Å². The molecule has 0 radical (unpaired) electrons. The van der Waals surface area contributed by atoms with Crippen molar-refractivity contribution >= 4 is 254 Å². The fourth-order valence-corrected chi connectivity index (χ4v) is 30.1. The van der Waals surface area contributed by atoms with Crippen LogP contribution in [0.25, 0.3) is 42.2 Å². The van der Waals surface area contributed by atoms with Gasteiger partial charge in [0.05, 0.1) is 59.6 Å². The van der Waals surface area contributed by atoms with Crippen LogP contribution in [-0.4, -0.2) is 197 Å². The van der Waals surface area contributed by atoms with Crippen molar-refractivity contribution in [1.82, 2.24) is 46.2 Å². The molecule has 3 fully saturated rings. The number of nitrogens with one attached hydrogen (secondary N) is 4. The number of hydrogen-bond donors (Lipinski definition) is 9. The van der Waals surface area contributed by atoms with Gasteiger partial charge in [-0.2, -0.15) is 36.2 Å². The molecule has 12 rings (SSSR count). The minimum Gasteiger partial charge on any atom is -0.550 e. The zero-order chi connectivity index (χ0) is 95.9. The van der Waals surface area contributed by atoms with Gasteiger partial charge in [-0.05, 0) is 212 Å². The smallest absolute Gasteiger partial charge is 0.550 e. The predicted octanol–water partition coefficient (Wildman–Crippen LogP) is 8.67. The first-order chi connectivity index (χ1) is 64.9. The van der Waals surface area contributed by atoms with E-state index in [1.165, 1.54) is 83.0 Å². The van der Waals surface area contributed by atoms with Crippen molar-refractivity contribution in [2.24, 2.45) is 11.5 Å². The fourth-order valence-electron chi connectivity index (χ4n) is 14.4. The maximum Gasteiger partial charge on any atom is 1.00 e. The number of fused-ring (bicyclic) bond motifs is 5. The predicted molar refractivity (Wildman–Crippen MR) is 558 cm³/mol. The van der Waals surface area contributed by atoms with Gasteiger partial charge >= 0.3 is 107 Å². The van der Waals surface area contributed by atoms with E-state index >= 15 is 0 Å². The first-order valence-electron chi connectivity index (χ1n) is 45.4. The Labute approximate surface area is 926 Å². The van der Waals surface area contributed by atoms with Gasteiger partial charge in [-0.25, -0.2) is 14.8 Å². The molecule has 9 atom stereocenters. The Balaban J connectivity index is 0.000000306. The van der Waals surface area contributed by atoms with Crippen LogP contribution in [0.2, 0.25) is 0 Å². The van der Waals surface area contributed by atoms with E-state index in [2.05, 4.69) is 110 Å². The summed E-state index contributed by atoms with van der Waals surface area (Å²) in [4.78, 5) is 134. The number of carboxylic acid groups (broad SMARTS) is 5. The molecule has 10 N–H and O–H groups in total. The number of nitrogens with zero attached hydrogens (tertiary/aromatic N) is 5. The van der Waals surface area contributed by atoms with E-state index in [9.17, 15) is 63.3 Å². The summed E-state index contributed by atoms with van der Waals surface area (Å²) in [7, 11) is 0. The molecule has 728 valence electrons. The van der Waals surface area contributed by atoms with Crippen LogP contribution >= 0.6 is 153 Å². The van der Waals surface area contributed by atoms with Gasteiger partial charge in [0.25, 0.3) is 5.24 Å². The largest absolute Gasteiger partial charge is 1.00 e. The third-order valence-corrected chi connectivity index (χ3v) is 36.9. The fraction of sp³-hybridized carbons (Fsp3) is 0.505. The Morgan fingerprint density at radius 3 is 1.62 bits per heavy atom. The number of hydrogen-bond acceptors (Lipinski definition) is 31. The Morgan fingerprint density at radius 2 is 1.01 bits per heavy atom. The van der Waals surface area contributed by atoms with Gasteiger partial charge in [-0.3, -0.25) is 43.7 Å². The number of nitrogens with two attached hydrogens (primary N) is 2. The molecule has 3 aliphatic rings. The Bertz CT molecular complexity index is 5000. The molecular formula is C95H122N11Na3O15S13. The van der Waals surface area contributed by atoms with Crippen LogP contribution in [0.1, 0.15) is 196 Å². The number of thioether (sulfide) groups is 10. The average Bonchev–Trinajstić information content (AvgIpc) is 1.73. The monoisotopic (exact) mass is 2140 g/mol. The number of pyridine rings is 3. The molecule has 137 heavy (non-hydrogen) atoms. The molecular weight excluding hydrogens is 2020 g/mol. The van der Waals surface area contributed by atoms with Crippen LogP contribution < -0.4 is 137 Å². The Hall–Kier alpha value is -4.02. The number of aliphatic carboxylic acids is 5. The van der Waals surface area contributed by atoms with Crippen molar-refractivity contribution in [2.75, 3.05) is 59.1 Å². The van der Waals surface area contributed by atoms with Crippen LogP contribution in [0.3, 0.4) is 0 Å². The van der Waals surface area contributed by atoms with Crippen molar-refractivity contribution in [3.8, 4) is 0 Å². The first-order valence-corrected chi connectivity index (χ1v) is 57.5. The Morgan fingerprint density at radius 1 is 0.504 bits per heavy atom. The van der Waals surface area contributed by atoms with Gasteiger partial charge in [0.15, 0.2) is 8.68 Å². The molecule has 0 saturated carbocycles. The first kappa shape index (κ1) is 123. The van der Waals surface area contributed by atoms with Crippen LogP contribution in [0.15, 0.2) is 165 Å². The topological polar surface area (TPSA) is 445 Å². The molecule has 5 aromatic heterocycles. The molecule has 3 saturated heterocycles. The number of urea groups is 1. The second-order valence-corrected chi connectivity index (χ2v) is 47.7. The van der Waals surface area contributed by atoms with E-state index in [4.69, 9.17) is 31.6 Å². The van der Waals surface area contributed by atoms with Gasteiger partial charge in [0, 0.05) is 144 Å². The van der Waals surface area contributed by atoms with E-state index < -0.39 is 29.8 Å². The second-order valence-electron chi connectivity index (χ2n) is 31.9. The van der Waals surface area contributed by atoms with Crippen molar-refractivity contribution in [2.45, 2.75) is 253 Å². The number of thiazole rings is 2. The van der Waals surface area contributed by atoms with Crippen molar-refractivity contribution in [3.63, 3.8) is 0 Å². The molecule has 6 amide bonds. The standard InChI is InChI=1S/C26H26N2O2S2.C22H22N2O2S4.C21H36N4O5S3.C14H19NO2S2.C12H22N2O4S2.3Na/c29-26(30)12-6-1-7-19(32-25-14-17-28-23-11-5-3-9-21(23)25)15-18-31-24-13-16-27-22-10-4-2-8-20(22)24;25-20(26)12-6-1-7-15(28-22-24-17-9-3-5-11-19(17)30-22)13-14-27-21-23-16-8-2-4-10-18(16)29-21;26-17(7-3-2-6-16-19-15(13-33-16)24-20(29)25-19)22-10-11-23-21(30)32-12-9-14(31)5-1-4-8-18(27)28;16-13(17)4-2-1-3-12-7-10-18-14(19-12)11-5-8-15-9-6-11;13-10(15)7-19-6-5-9(20-8-11(14)16)3-1-2-4-12(17)18;;;/h2-5,8-11,13-14,16-17,19H,1,6-7,12,15,18H2,(H,29,30);2-5,8-11,15H,1,6-7,12-14H2,(H,25,26);14-16,19,31H,1-13H2,(H,22,26)(H,23,30)(H,27,28)(H2,24,25,29);5-6,8-9,12,14H,1-4,7,10H2,(H,16,17);9H,1-8H2,(H2,13,15)(H2,14,16)(H,17,18);;;/q;;;;;3*+1/p-3. The zero-order valence-electron chi connectivity index (χ0n) is 78.1. The van der Waals surface area contributed by atoms with Gasteiger partial charge < -0.3 is 72.7 Å². The summed E-state index contributed by atoms with van der Waals surface area (Å²) in [5.74, 6) is 1.02. The average molecular weight is 2140 g/mol. The molecule has 0 spiro atoms. The molecule has 0 aliphatic carbocycles. The SMILES string of the molecule is NC(=O)CSCCC(CCCCC(=O)O)SCC(N)=O.O=C(O)CCCCC(S)CCSC(=O)NCCNC(=O)CCCCC1SCC2NC(=O)NC21.O=C([O-])CCCCC(CCSc1ccnc2ccccc12)Sc1ccnc2ccccc12.O=C([O-])CCCCC(CCSc1nc2ccccc2s1)Sc1nc2ccccc2s1.O=C([O-])CCCCC1CCSC(c2ccncc2)S1.[Na+].[Na+].[Na+]. The van der Waals surface area contributed by atoms with E-state index in [0.29, 0.717) is 82.3 Å². The van der Waals surface area contributed by atoms with Gasteiger partial charge in [0.1, 0.15) is 0 Å². The number of carbonyl (C=O) groups excluding carboxylic acids is 8. The van der Waals surface area contributed by atoms with Crippen molar-refractivity contribution in [3.05, 3.63) is 152 Å². The summed E-state index contributed by atoms with van der Waals surface area (Å²) in [6, 6.07) is 41.6. The van der Waals surface area contributed by atoms with Crippen LogP contribution in [0.5, 0.6) is 0 Å². The van der Waals surface area contributed by atoms with Gasteiger partial charge in [-0.1, -0.05) is 134 Å².